The van der Waals surface area contributed by atoms with E-state index in [2.05, 4.69) is 9.97 Å². The molecule has 6 heteroatoms. The molecule has 112 valence electrons. The molecule has 0 saturated heterocycles. The van der Waals surface area contributed by atoms with Crippen molar-refractivity contribution in [3.05, 3.63) is 63.9 Å². The van der Waals surface area contributed by atoms with E-state index in [9.17, 15) is 9.90 Å². The Labute approximate surface area is 136 Å². The SMILES string of the molecule is O=C(O)[C@H](Cc1cc(Cl)ccc1Cl)c1nc2ccccc2[nH]1. The van der Waals surface area contributed by atoms with Gasteiger partial charge in [-0.3, -0.25) is 4.79 Å². The molecule has 0 bridgehead atoms. The van der Waals surface area contributed by atoms with Gasteiger partial charge in [0.05, 0.1) is 11.0 Å². The van der Waals surface area contributed by atoms with Gasteiger partial charge in [0.2, 0.25) is 0 Å². The van der Waals surface area contributed by atoms with Crippen molar-refractivity contribution < 1.29 is 9.90 Å². The average molecular weight is 335 g/mol. The van der Waals surface area contributed by atoms with Gasteiger partial charge in [0.25, 0.3) is 0 Å². The van der Waals surface area contributed by atoms with Crippen molar-refractivity contribution in [3.8, 4) is 0 Å². The molecule has 4 nitrogen and oxygen atoms in total. The molecule has 0 spiro atoms. The van der Waals surface area contributed by atoms with E-state index in [1.165, 1.54) is 0 Å². The number of carboxylic acid groups (broad SMARTS) is 1. The fourth-order valence-corrected chi connectivity index (χ4v) is 2.75. The molecule has 0 aliphatic carbocycles. The number of imidazole rings is 1. The maximum absolute atomic E-state index is 11.6. The van der Waals surface area contributed by atoms with Crippen LogP contribution in [0.15, 0.2) is 42.5 Å². The largest absolute Gasteiger partial charge is 0.481 e. The lowest BCUT2D eigenvalue weighted by Crippen LogP contribution is -2.16. The molecule has 1 heterocycles. The number of nitrogens with one attached hydrogen (secondary N) is 1. The fraction of sp³-hybridized carbons (Fsp3) is 0.125. The van der Waals surface area contributed by atoms with Gasteiger partial charge >= 0.3 is 5.97 Å². The minimum atomic E-state index is -0.963. The molecule has 0 fully saturated rings. The van der Waals surface area contributed by atoms with Crippen LogP contribution in [0.1, 0.15) is 17.3 Å². The first-order valence-corrected chi connectivity index (χ1v) is 7.41. The van der Waals surface area contributed by atoms with Crippen LogP contribution >= 0.6 is 23.2 Å². The third-order valence-electron chi connectivity index (χ3n) is 3.47. The second kappa shape index (κ2) is 5.99. The lowest BCUT2D eigenvalue weighted by molar-refractivity contribution is -0.138. The molecule has 0 aliphatic rings. The van der Waals surface area contributed by atoms with Crippen molar-refractivity contribution in [2.75, 3.05) is 0 Å². The standard InChI is InChI=1S/C16H12Cl2N2O2/c17-10-5-6-12(18)9(7-10)8-11(16(21)22)15-19-13-3-1-2-4-14(13)20-15/h1-7,11H,8H2,(H,19,20)(H,21,22)/t11-/m1/s1. The van der Waals surface area contributed by atoms with Crippen molar-refractivity contribution in [2.24, 2.45) is 0 Å². The smallest absolute Gasteiger partial charge is 0.314 e. The van der Waals surface area contributed by atoms with Crippen molar-refractivity contribution >= 4 is 40.2 Å². The van der Waals surface area contributed by atoms with Gasteiger partial charge in [-0.25, -0.2) is 4.98 Å². The molecule has 3 aromatic rings. The molecule has 1 aromatic heterocycles. The number of halogens is 2. The zero-order valence-corrected chi connectivity index (χ0v) is 12.9. The minimum Gasteiger partial charge on any atom is -0.481 e. The molecule has 0 saturated carbocycles. The third kappa shape index (κ3) is 2.93. The molecule has 1 atom stereocenters. The summed E-state index contributed by atoms with van der Waals surface area (Å²) in [6.07, 6.45) is 0.217. The second-order valence-corrected chi connectivity index (χ2v) is 5.81. The highest BCUT2D eigenvalue weighted by Crippen LogP contribution is 2.27. The van der Waals surface area contributed by atoms with E-state index in [0.29, 0.717) is 21.4 Å². The lowest BCUT2D eigenvalue weighted by atomic mass is 9.99. The number of hydrogen-bond acceptors (Lipinski definition) is 2. The van der Waals surface area contributed by atoms with E-state index in [0.717, 1.165) is 11.0 Å². The van der Waals surface area contributed by atoms with E-state index in [-0.39, 0.29) is 6.42 Å². The topological polar surface area (TPSA) is 66.0 Å². The summed E-state index contributed by atoms with van der Waals surface area (Å²) < 4.78 is 0. The molecule has 0 unspecified atom stereocenters. The van der Waals surface area contributed by atoms with E-state index in [1.807, 2.05) is 24.3 Å². The van der Waals surface area contributed by atoms with Gasteiger partial charge in [0.15, 0.2) is 0 Å². The summed E-state index contributed by atoms with van der Waals surface area (Å²) >= 11 is 12.1. The summed E-state index contributed by atoms with van der Waals surface area (Å²) in [6.45, 7) is 0. The van der Waals surface area contributed by atoms with Crippen LogP contribution in [-0.2, 0) is 11.2 Å². The number of hydrogen-bond donors (Lipinski definition) is 2. The second-order valence-electron chi connectivity index (χ2n) is 4.97. The monoisotopic (exact) mass is 334 g/mol. The van der Waals surface area contributed by atoms with E-state index < -0.39 is 11.9 Å². The van der Waals surface area contributed by atoms with Crippen LogP contribution in [0.5, 0.6) is 0 Å². The van der Waals surface area contributed by atoms with Crippen molar-refractivity contribution in [2.45, 2.75) is 12.3 Å². The highest BCUT2D eigenvalue weighted by atomic mass is 35.5. The quantitative estimate of drug-likeness (QED) is 0.748. The maximum atomic E-state index is 11.6. The van der Waals surface area contributed by atoms with Crippen LogP contribution < -0.4 is 0 Å². The predicted octanol–water partition coefficient (Wildman–Crippen LogP) is 4.28. The molecule has 22 heavy (non-hydrogen) atoms. The summed E-state index contributed by atoms with van der Waals surface area (Å²) in [5.41, 5.74) is 2.23. The molecular formula is C16H12Cl2N2O2. The lowest BCUT2D eigenvalue weighted by Gasteiger charge is -2.11. The van der Waals surface area contributed by atoms with Gasteiger partial charge in [-0.1, -0.05) is 35.3 Å². The Morgan fingerprint density at radius 2 is 2.00 bits per heavy atom. The zero-order valence-electron chi connectivity index (χ0n) is 11.4. The number of rotatable bonds is 4. The average Bonchev–Trinajstić information content (AvgIpc) is 2.91. The molecular weight excluding hydrogens is 323 g/mol. The maximum Gasteiger partial charge on any atom is 0.314 e. The van der Waals surface area contributed by atoms with E-state index in [1.54, 1.807) is 18.2 Å². The Kier molecular flexibility index (Phi) is 4.05. The van der Waals surface area contributed by atoms with Gasteiger partial charge < -0.3 is 10.1 Å². The highest BCUT2D eigenvalue weighted by Gasteiger charge is 2.25. The molecule has 0 radical (unpaired) electrons. The first-order chi connectivity index (χ1) is 10.5. The normalized spacial score (nSPS) is 12.5. The van der Waals surface area contributed by atoms with Crippen LogP contribution in [0.2, 0.25) is 10.0 Å². The van der Waals surface area contributed by atoms with Gasteiger partial charge in [-0.15, -0.1) is 0 Å². The third-order valence-corrected chi connectivity index (χ3v) is 4.07. The number of para-hydroxylation sites is 2. The molecule has 2 N–H and O–H groups in total. The van der Waals surface area contributed by atoms with Crippen LogP contribution in [-0.4, -0.2) is 21.0 Å². The first-order valence-electron chi connectivity index (χ1n) is 6.66. The summed E-state index contributed by atoms with van der Waals surface area (Å²) in [7, 11) is 0. The number of H-pyrrole nitrogens is 1. The van der Waals surface area contributed by atoms with Gasteiger partial charge in [0, 0.05) is 10.0 Å². The number of aromatic nitrogens is 2. The summed E-state index contributed by atoms with van der Waals surface area (Å²) in [5, 5.41) is 10.6. The van der Waals surface area contributed by atoms with Crippen LogP contribution in [0.3, 0.4) is 0 Å². The molecule has 0 aliphatic heterocycles. The van der Waals surface area contributed by atoms with Gasteiger partial charge in [-0.05, 0) is 42.3 Å². The van der Waals surface area contributed by atoms with Gasteiger partial charge in [0.1, 0.15) is 11.7 Å². The summed E-state index contributed by atoms with van der Waals surface area (Å²) in [6, 6.07) is 12.4. The predicted molar refractivity (Wildman–Crippen MR) is 86.6 cm³/mol. The Balaban J connectivity index is 1.99. The van der Waals surface area contributed by atoms with Crippen LogP contribution in [0.4, 0.5) is 0 Å². The molecule has 3 rings (SSSR count). The zero-order chi connectivity index (χ0) is 15.7. The highest BCUT2D eigenvalue weighted by molar-refractivity contribution is 6.33. The Bertz CT molecular complexity index is 812. The fourth-order valence-electron chi connectivity index (χ4n) is 2.36. The van der Waals surface area contributed by atoms with Gasteiger partial charge in [-0.2, -0.15) is 0 Å². The molecule has 2 aromatic carbocycles. The number of carbonyl (C=O) groups is 1. The Hall–Kier alpha value is -2.04. The number of fused-ring (bicyclic) bond motifs is 1. The number of aromatic amines is 1. The summed E-state index contributed by atoms with van der Waals surface area (Å²) in [4.78, 5) is 19.1. The number of nitrogens with zero attached hydrogens (tertiary/aromatic N) is 1. The van der Waals surface area contributed by atoms with Crippen molar-refractivity contribution in [1.29, 1.82) is 0 Å². The van der Waals surface area contributed by atoms with Crippen molar-refractivity contribution in [3.63, 3.8) is 0 Å². The van der Waals surface area contributed by atoms with E-state index in [4.69, 9.17) is 23.2 Å². The van der Waals surface area contributed by atoms with Crippen LogP contribution in [0, 0.1) is 0 Å². The van der Waals surface area contributed by atoms with Crippen molar-refractivity contribution in [1.82, 2.24) is 9.97 Å². The number of aliphatic carboxylic acids is 1. The van der Waals surface area contributed by atoms with Crippen LogP contribution in [0.25, 0.3) is 11.0 Å². The summed E-state index contributed by atoms with van der Waals surface area (Å²) in [5.74, 6) is -1.37. The number of carboxylic acids is 1. The Morgan fingerprint density at radius 3 is 2.73 bits per heavy atom. The molecule has 0 amide bonds. The Morgan fingerprint density at radius 1 is 1.23 bits per heavy atom. The number of benzene rings is 2. The van der Waals surface area contributed by atoms with E-state index >= 15 is 0 Å². The first kappa shape index (κ1) is 14.9. The minimum absolute atomic E-state index is 0.217.